The van der Waals surface area contributed by atoms with Crippen molar-refractivity contribution in [2.24, 2.45) is 17.8 Å². The summed E-state index contributed by atoms with van der Waals surface area (Å²) in [5.41, 5.74) is 3.87. The maximum absolute atomic E-state index is 13.0. The molecule has 0 spiro atoms. The Morgan fingerprint density at radius 2 is 1.52 bits per heavy atom. The molecule has 2 aromatic carbocycles. The highest BCUT2D eigenvalue weighted by Gasteiger charge is 2.51. The van der Waals surface area contributed by atoms with Crippen molar-refractivity contribution >= 4 is 11.7 Å². The van der Waals surface area contributed by atoms with Crippen LogP contribution in [-0.2, 0) is 0 Å². The molecular formula is C28H28N2O3. The lowest BCUT2D eigenvalue weighted by Gasteiger charge is -2.56. The second-order valence-corrected chi connectivity index (χ2v) is 10.4. The molecule has 4 aliphatic carbocycles. The van der Waals surface area contributed by atoms with Gasteiger partial charge in [0.15, 0.2) is 17.2 Å². The molecule has 0 radical (unpaired) electrons. The summed E-state index contributed by atoms with van der Waals surface area (Å²) in [4.78, 5) is 24.7. The van der Waals surface area contributed by atoms with Crippen molar-refractivity contribution < 1.29 is 14.1 Å². The minimum Gasteiger partial charge on any atom is -0.355 e. The molecule has 0 unspecified atom stereocenters. The number of hydrogen-bond donors (Lipinski definition) is 1. The van der Waals surface area contributed by atoms with E-state index in [0.29, 0.717) is 17.0 Å². The number of Topliss-reactive ketones (excluding diaryl/α,β-unsaturated/α-hetero) is 1. The van der Waals surface area contributed by atoms with Crippen LogP contribution in [0.1, 0.15) is 66.3 Å². The standard InChI is InChI=1S/C28H28N2O3/c1-17(31)23-3-2-4-24(12-23)21-5-7-22(8-6-21)26-13-25(30-33-26)27(32)29-28-14-18-9-19(15-28)11-20(10-18)16-28/h2-8,12-13,18-20H,9-11,14-16H2,1H3,(H,29,32). The number of aromatic nitrogens is 1. The molecule has 5 heteroatoms. The maximum atomic E-state index is 13.0. The fraction of sp³-hybridized carbons (Fsp3) is 0.393. The van der Waals surface area contributed by atoms with E-state index in [9.17, 15) is 9.59 Å². The van der Waals surface area contributed by atoms with Gasteiger partial charge in [-0.2, -0.15) is 0 Å². The summed E-state index contributed by atoms with van der Waals surface area (Å²) < 4.78 is 5.53. The molecule has 5 nitrogen and oxygen atoms in total. The first kappa shape index (κ1) is 20.4. The van der Waals surface area contributed by atoms with Crippen LogP contribution in [0.3, 0.4) is 0 Å². The molecule has 1 aromatic heterocycles. The van der Waals surface area contributed by atoms with Crippen LogP contribution in [0.4, 0.5) is 0 Å². The average molecular weight is 441 g/mol. The van der Waals surface area contributed by atoms with Crippen LogP contribution in [0.25, 0.3) is 22.5 Å². The molecule has 1 heterocycles. The lowest BCUT2D eigenvalue weighted by Crippen LogP contribution is -2.59. The Bertz CT molecular complexity index is 1190. The minimum atomic E-state index is -0.121. The van der Waals surface area contributed by atoms with Gasteiger partial charge < -0.3 is 9.84 Å². The van der Waals surface area contributed by atoms with Crippen LogP contribution in [0.15, 0.2) is 59.1 Å². The van der Waals surface area contributed by atoms with Gasteiger partial charge in [-0.25, -0.2) is 0 Å². The number of carbonyl (C=O) groups is 2. The summed E-state index contributed by atoms with van der Waals surface area (Å²) in [6, 6.07) is 17.2. The number of rotatable bonds is 5. The second kappa shape index (κ2) is 7.68. The van der Waals surface area contributed by atoms with E-state index in [0.717, 1.165) is 53.7 Å². The lowest BCUT2D eigenvalue weighted by atomic mass is 9.53. The molecule has 3 aromatic rings. The highest BCUT2D eigenvalue weighted by molar-refractivity contribution is 5.95. The largest absolute Gasteiger partial charge is 0.355 e. The fourth-order valence-corrected chi connectivity index (χ4v) is 6.83. The van der Waals surface area contributed by atoms with Crippen LogP contribution in [-0.4, -0.2) is 22.4 Å². The van der Waals surface area contributed by atoms with Crippen LogP contribution < -0.4 is 5.32 Å². The van der Waals surface area contributed by atoms with E-state index in [1.54, 1.807) is 13.0 Å². The third-order valence-corrected chi connectivity index (χ3v) is 7.93. The highest BCUT2D eigenvalue weighted by atomic mass is 16.5. The van der Waals surface area contributed by atoms with Crippen LogP contribution >= 0.6 is 0 Å². The predicted octanol–water partition coefficient (Wildman–Crippen LogP) is 5.91. The maximum Gasteiger partial charge on any atom is 0.273 e. The van der Waals surface area contributed by atoms with Gasteiger partial charge in [0, 0.05) is 22.7 Å². The van der Waals surface area contributed by atoms with Gasteiger partial charge in [0.25, 0.3) is 5.91 Å². The van der Waals surface area contributed by atoms with Crippen molar-refractivity contribution in [3.63, 3.8) is 0 Å². The van der Waals surface area contributed by atoms with E-state index < -0.39 is 0 Å². The van der Waals surface area contributed by atoms with Crippen molar-refractivity contribution in [1.82, 2.24) is 10.5 Å². The van der Waals surface area contributed by atoms with Crippen molar-refractivity contribution in [2.75, 3.05) is 0 Å². The van der Waals surface area contributed by atoms with Crippen molar-refractivity contribution in [3.05, 3.63) is 65.9 Å². The quantitative estimate of drug-likeness (QED) is 0.501. The van der Waals surface area contributed by atoms with Gasteiger partial charge in [-0.05, 0) is 80.4 Å². The molecule has 7 rings (SSSR count). The van der Waals surface area contributed by atoms with E-state index in [-0.39, 0.29) is 17.2 Å². The average Bonchev–Trinajstić information content (AvgIpc) is 3.29. The first-order chi connectivity index (χ1) is 16.0. The molecule has 33 heavy (non-hydrogen) atoms. The third-order valence-electron chi connectivity index (χ3n) is 7.93. The van der Waals surface area contributed by atoms with Crippen molar-refractivity contribution in [1.29, 1.82) is 0 Å². The topological polar surface area (TPSA) is 72.2 Å². The Morgan fingerprint density at radius 3 is 2.15 bits per heavy atom. The molecule has 1 N–H and O–H groups in total. The zero-order valence-corrected chi connectivity index (χ0v) is 18.8. The highest BCUT2D eigenvalue weighted by Crippen LogP contribution is 2.55. The summed E-state index contributed by atoms with van der Waals surface area (Å²) in [6.07, 6.45) is 7.38. The summed E-state index contributed by atoms with van der Waals surface area (Å²) in [7, 11) is 0. The summed E-state index contributed by atoms with van der Waals surface area (Å²) in [6.45, 7) is 1.57. The minimum absolute atomic E-state index is 0.0407. The van der Waals surface area contributed by atoms with E-state index in [4.69, 9.17) is 4.52 Å². The van der Waals surface area contributed by atoms with E-state index in [1.165, 1.54) is 19.3 Å². The smallest absolute Gasteiger partial charge is 0.273 e. The number of carbonyl (C=O) groups excluding carboxylic acids is 2. The molecule has 168 valence electrons. The number of hydrogen-bond acceptors (Lipinski definition) is 4. The SMILES string of the molecule is CC(=O)c1cccc(-c2ccc(-c3cc(C(=O)NC45CC6CC(CC(C6)C4)C5)no3)cc2)c1. The summed E-state index contributed by atoms with van der Waals surface area (Å²) in [5.74, 6) is 2.84. The molecule has 4 bridgehead atoms. The van der Waals surface area contributed by atoms with Gasteiger partial charge >= 0.3 is 0 Å². The summed E-state index contributed by atoms with van der Waals surface area (Å²) >= 11 is 0. The third kappa shape index (κ3) is 3.79. The van der Waals surface area contributed by atoms with E-state index in [2.05, 4.69) is 10.5 Å². The molecule has 4 saturated carbocycles. The van der Waals surface area contributed by atoms with Gasteiger partial charge in [-0.1, -0.05) is 47.6 Å². The number of nitrogens with zero attached hydrogens (tertiary/aromatic N) is 1. The predicted molar refractivity (Wildman–Crippen MR) is 126 cm³/mol. The van der Waals surface area contributed by atoms with Crippen molar-refractivity contribution in [2.45, 2.75) is 51.0 Å². The molecule has 0 aliphatic heterocycles. The molecule has 4 aliphatic rings. The Kier molecular flexibility index (Phi) is 4.75. The van der Waals surface area contributed by atoms with E-state index >= 15 is 0 Å². The van der Waals surface area contributed by atoms with Gasteiger partial charge in [0.2, 0.25) is 0 Å². The van der Waals surface area contributed by atoms with Gasteiger partial charge in [0.05, 0.1) is 0 Å². The Hall–Kier alpha value is -3.21. The molecule has 4 fully saturated rings. The van der Waals surface area contributed by atoms with Crippen molar-refractivity contribution in [3.8, 4) is 22.5 Å². The number of benzene rings is 2. The van der Waals surface area contributed by atoms with E-state index in [1.807, 2.05) is 48.5 Å². The summed E-state index contributed by atoms with van der Waals surface area (Å²) in [5, 5.41) is 7.44. The van der Waals surface area contributed by atoms with Gasteiger partial charge in [-0.15, -0.1) is 0 Å². The van der Waals surface area contributed by atoms with Gasteiger partial charge in [0.1, 0.15) is 0 Å². The lowest BCUT2D eigenvalue weighted by molar-refractivity contribution is -0.0168. The monoisotopic (exact) mass is 440 g/mol. The molecular weight excluding hydrogens is 412 g/mol. The molecule has 1 amide bonds. The number of amides is 1. The van der Waals surface area contributed by atoms with Crippen LogP contribution in [0.5, 0.6) is 0 Å². The Balaban J connectivity index is 1.18. The normalized spacial score (nSPS) is 27.5. The zero-order valence-electron chi connectivity index (χ0n) is 18.8. The van der Waals surface area contributed by atoms with Crippen LogP contribution in [0.2, 0.25) is 0 Å². The number of nitrogens with one attached hydrogen (secondary N) is 1. The van der Waals surface area contributed by atoms with Crippen LogP contribution in [0, 0.1) is 17.8 Å². The fourth-order valence-electron chi connectivity index (χ4n) is 6.83. The molecule has 0 atom stereocenters. The molecule has 0 saturated heterocycles. The Labute approximate surface area is 193 Å². The second-order valence-electron chi connectivity index (χ2n) is 10.4. The Morgan fingerprint density at radius 1 is 0.879 bits per heavy atom. The first-order valence-electron chi connectivity index (χ1n) is 12.0. The number of ketones is 1. The van der Waals surface area contributed by atoms with Gasteiger partial charge in [-0.3, -0.25) is 9.59 Å². The first-order valence-corrected chi connectivity index (χ1v) is 12.0. The zero-order chi connectivity index (χ0) is 22.6.